The highest BCUT2D eigenvalue weighted by molar-refractivity contribution is 5.10. The van der Waals surface area contributed by atoms with E-state index in [-0.39, 0.29) is 0 Å². The zero-order valence-electron chi connectivity index (χ0n) is 9.62. The number of nitrogens with zero attached hydrogens (tertiary/aromatic N) is 2. The summed E-state index contributed by atoms with van der Waals surface area (Å²) in [6.07, 6.45) is 5.22. The van der Waals surface area contributed by atoms with Gasteiger partial charge >= 0.3 is 0 Å². The van der Waals surface area contributed by atoms with Crippen LogP contribution in [0.4, 0.5) is 0 Å². The van der Waals surface area contributed by atoms with Gasteiger partial charge in [0.2, 0.25) is 0 Å². The molecule has 1 aromatic rings. The second-order valence-corrected chi connectivity index (χ2v) is 3.87. The molecule has 0 fully saturated rings. The van der Waals surface area contributed by atoms with Crippen LogP contribution in [0.15, 0.2) is 12.4 Å². The molecule has 1 heterocycles. The molecule has 0 aliphatic rings. The summed E-state index contributed by atoms with van der Waals surface area (Å²) in [4.78, 5) is 0. The molecule has 1 N–H and O–H groups in total. The Balaban J connectivity index is 2.73. The Labute approximate surface area is 86.5 Å². The quantitative estimate of drug-likeness (QED) is 0.782. The van der Waals surface area contributed by atoms with Crippen LogP contribution in [-0.4, -0.2) is 16.3 Å². The van der Waals surface area contributed by atoms with Crippen molar-refractivity contribution < 1.29 is 0 Å². The maximum absolute atomic E-state index is 4.34. The van der Waals surface area contributed by atoms with Crippen LogP contribution in [0.25, 0.3) is 0 Å². The van der Waals surface area contributed by atoms with E-state index in [0.29, 0.717) is 12.1 Å². The average Bonchev–Trinajstić information content (AvgIpc) is 2.63. The summed E-state index contributed by atoms with van der Waals surface area (Å²) in [6, 6.07) is 0.899. The molecule has 0 bridgehead atoms. The molecule has 0 aromatic carbocycles. The molecule has 0 aliphatic carbocycles. The van der Waals surface area contributed by atoms with Gasteiger partial charge in [-0.1, -0.05) is 13.8 Å². The van der Waals surface area contributed by atoms with Crippen LogP contribution in [0.3, 0.4) is 0 Å². The second kappa shape index (κ2) is 5.15. The van der Waals surface area contributed by atoms with E-state index in [4.69, 9.17) is 0 Å². The highest BCUT2D eigenvalue weighted by atomic mass is 15.3. The summed E-state index contributed by atoms with van der Waals surface area (Å²) in [6.45, 7) is 9.62. The summed E-state index contributed by atoms with van der Waals surface area (Å²) in [5.41, 5.74) is 1.29. The standard InChI is InChI=1S/C11H21N3/c1-5-11(12-6-2)10-7-13-14(8-10)9(3)4/h7-9,11-12H,5-6H2,1-4H3. The van der Waals surface area contributed by atoms with Gasteiger partial charge in [-0.2, -0.15) is 5.10 Å². The van der Waals surface area contributed by atoms with Crippen molar-refractivity contribution >= 4 is 0 Å². The zero-order chi connectivity index (χ0) is 10.6. The fourth-order valence-electron chi connectivity index (χ4n) is 1.56. The topological polar surface area (TPSA) is 29.9 Å². The predicted molar refractivity (Wildman–Crippen MR) is 59.3 cm³/mol. The molecular formula is C11H21N3. The summed E-state index contributed by atoms with van der Waals surface area (Å²) >= 11 is 0. The van der Waals surface area contributed by atoms with Crippen molar-refractivity contribution in [2.75, 3.05) is 6.54 Å². The first-order valence-electron chi connectivity index (χ1n) is 5.46. The summed E-state index contributed by atoms with van der Waals surface area (Å²) < 4.78 is 2.01. The lowest BCUT2D eigenvalue weighted by atomic mass is 10.1. The molecule has 0 amide bonds. The summed E-state index contributed by atoms with van der Waals surface area (Å²) in [5.74, 6) is 0. The van der Waals surface area contributed by atoms with Gasteiger partial charge in [-0.25, -0.2) is 0 Å². The lowest BCUT2D eigenvalue weighted by Gasteiger charge is -2.13. The fourth-order valence-corrected chi connectivity index (χ4v) is 1.56. The minimum Gasteiger partial charge on any atom is -0.310 e. The van der Waals surface area contributed by atoms with E-state index in [0.717, 1.165) is 13.0 Å². The van der Waals surface area contributed by atoms with Gasteiger partial charge < -0.3 is 5.32 Å². The van der Waals surface area contributed by atoms with Crippen LogP contribution in [0, 0.1) is 0 Å². The summed E-state index contributed by atoms with van der Waals surface area (Å²) in [7, 11) is 0. The molecule has 1 atom stereocenters. The molecule has 3 heteroatoms. The number of nitrogens with one attached hydrogen (secondary N) is 1. The van der Waals surface area contributed by atoms with Crippen molar-refractivity contribution in [2.24, 2.45) is 0 Å². The minimum absolute atomic E-state index is 0.447. The van der Waals surface area contributed by atoms with Crippen molar-refractivity contribution in [3.8, 4) is 0 Å². The highest BCUT2D eigenvalue weighted by Crippen LogP contribution is 2.16. The van der Waals surface area contributed by atoms with Gasteiger partial charge in [0.15, 0.2) is 0 Å². The number of hydrogen-bond donors (Lipinski definition) is 1. The molecule has 0 aliphatic heterocycles. The molecule has 14 heavy (non-hydrogen) atoms. The Kier molecular flexibility index (Phi) is 4.14. The van der Waals surface area contributed by atoms with Gasteiger partial charge in [0.05, 0.1) is 6.20 Å². The van der Waals surface area contributed by atoms with E-state index in [1.54, 1.807) is 0 Å². The monoisotopic (exact) mass is 195 g/mol. The van der Waals surface area contributed by atoms with Crippen molar-refractivity contribution in [1.29, 1.82) is 0 Å². The molecule has 0 radical (unpaired) electrons. The molecular weight excluding hydrogens is 174 g/mol. The molecule has 0 saturated carbocycles. The molecule has 3 nitrogen and oxygen atoms in total. The molecule has 1 aromatic heterocycles. The van der Waals surface area contributed by atoms with Crippen LogP contribution in [0.1, 0.15) is 51.8 Å². The van der Waals surface area contributed by atoms with E-state index in [1.165, 1.54) is 5.56 Å². The van der Waals surface area contributed by atoms with Gasteiger partial charge in [0.1, 0.15) is 0 Å². The third-order valence-corrected chi connectivity index (χ3v) is 2.41. The third-order valence-electron chi connectivity index (χ3n) is 2.41. The largest absolute Gasteiger partial charge is 0.310 e. The Morgan fingerprint density at radius 3 is 2.57 bits per heavy atom. The third kappa shape index (κ3) is 2.58. The SMILES string of the molecule is CCNC(CC)c1cnn(C(C)C)c1. The normalized spacial score (nSPS) is 13.5. The first-order chi connectivity index (χ1) is 6.69. The van der Waals surface area contributed by atoms with Crippen LogP contribution >= 0.6 is 0 Å². The van der Waals surface area contributed by atoms with E-state index < -0.39 is 0 Å². The molecule has 0 spiro atoms. The van der Waals surface area contributed by atoms with Gasteiger partial charge in [-0.3, -0.25) is 4.68 Å². The molecule has 1 unspecified atom stereocenters. The van der Waals surface area contributed by atoms with Gasteiger partial charge in [0, 0.05) is 23.8 Å². The molecule has 0 saturated heterocycles. The smallest absolute Gasteiger partial charge is 0.0537 e. The first-order valence-corrected chi connectivity index (χ1v) is 5.46. The summed E-state index contributed by atoms with van der Waals surface area (Å²) in [5, 5.41) is 7.79. The maximum Gasteiger partial charge on any atom is 0.0537 e. The van der Waals surface area contributed by atoms with Crippen molar-refractivity contribution in [2.45, 2.75) is 46.2 Å². The number of hydrogen-bond acceptors (Lipinski definition) is 2. The Hall–Kier alpha value is -0.830. The highest BCUT2D eigenvalue weighted by Gasteiger charge is 2.10. The lowest BCUT2D eigenvalue weighted by Crippen LogP contribution is -2.19. The van der Waals surface area contributed by atoms with Crippen LogP contribution in [0.2, 0.25) is 0 Å². The van der Waals surface area contributed by atoms with Gasteiger partial charge in [0.25, 0.3) is 0 Å². The van der Waals surface area contributed by atoms with Crippen LogP contribution in [0.5, 0.6) is 0 Å². The predicted octanol–water partition coefficient (Wildman–Crippen LogP) is 2.52. The Bertz CT molecular complexity index is 265. The number of rotatable bonds is 5. The van der Waals surface area contributed by atoms with Crippen molar-refractivity contribution in [3.05, 3.63) is 18.0 Å². The second-order valence-electron chi connectivity index (χ2n) is 3.87. The van der Waals surface area contributed by atoms with E-state index in [2.05, 4.69) is 44.3 Å². The minimum atomic E-state index is 0.447. The number of aromatic nitrogens is 2. The van der Waals surface area contributed by atoms with E-state index in [1.807, 2.05) is 10.9 Å². The van der Waals surface area contributed by atoms with E-state index in [9.17, 15) is 0 Å². The molecule has 1 rings (SSSR count). The van der Waals surface area contributed by atoms with Crippen molar-refractivity contribution in [1.82, 2.24) is 15.1 Å². The Morgan fingerprint density at radius 2 is 2.14 bits per heavy atom. The zero-order valence-corrected chi connectivity index (χ0v) is 9.62. The maximum atomic E-state index is 4.34. The van der Waals surface area contributed by atoms with Gasteiger partial charge in [-0.05, 0) is 26.8 Å². The van der Waals surface area contributed by atoms with Crippen molar-refractivity contribution in [3.63, 3.8) is 0 Å². The lowest BCUT2D eigenvalue weighted by molar-refractivity contribution is 0.521. The van der Waals surface area contributed by atoms with E-state index >= 15 is 0 Å². The molecule has 80 valence electrons. The average molecular weight is 195 g/mol. The fraction of sp³-hybridized carbons (Fsp3) is 0.727. The Morgan fingerprint density at radius 1 is 1.43 bits per heavy atom. The van der Waals surface area contributed by atoms with Gasteiger partial charge in [-0.15, -0.1) is 0 Å². The van der Waals surface area contributed by atoms with Crippen LogP contribution < -0.4 is 5.32 Å². The first kappa shape index (κ1) is 11.2. The van der Waals surface area contributed by atoms with Crippen LogP contribution in [-0.2, 0) is 0 Å².